The van der Waals surface area contributed by atoms with Gasteiger partial charge in [-0.1, -0.05) is 6.07 Å². The number of aryl methyl sites for hydroxylation is 1. The molecule has 1 aromatic carbocycles. The molecule has 1 atom stereocenters. The lowest BCUT2D eigenvalue weighted by molar-refractivity contribution is 0.354. The van der Waals surface area contributed by atoms with Crippen molar-refractivity contribution in [1.29, 1.82) is 0 Å². The molecule has 0 saturated carbocycles. The molecule has 0 bridgehead atoms. The average Bonchev–Trinajstić information content (AvgIpc) is 2.89. The van der Waals surface area contributed by atoms with Crippen LogP contribution < -0.4 is 14.8 Å². The predicted octanol–water partition coefficient (Wildman–Crippen LogP) is 2.99. The summed E-state index contributed by atoms with van der Waals surface area (Å²) >= 11 is 3.58. The summed E-state index contributed by atoms with van der Waals surface area (Å²) in [5, 5.41) is 7.72. The van der Waals surface area contributed by atoms with E-state index in [1.165, 1.54) is 0 Å². The first kappa shape index (κ1) is 15.9. The molecule has 0 aliphatic rings. The van der Waals surface area contributed by atoms with Crippen molar-refractivity contribution in [2.45, 2.75) is 19.5 Å². The number of ether oxygens (including phenoxy) is 2. The molecule has 1 N–H and O–H groups in total. The molecule has 2 rings (SSSR count). The van der Waals surface area contributed by atoms with Crippen LogP contribution in [0.2, 0.25) is 0 Å². The van der Waals surface area contributed by atoms with Gasteiger partial charge in [-0.3, -0.25) is 4.68 Å². The highest BCUT2D eigenvalue weighted by Crippen LogP contribution is 2.34. The highest BCUT2D eigenvalue weighted by atomic mass is 79.9. The Morgan fingerprint density at radius 2 is 2.00 bits per heavy atom. The van der Waals surface area contributed by atoms with Gasteiger partial charge in [0.1, 0.15) is 0 Å². The molecular weight excluding hydrogens is 334 g/mol. The van der Waals surface area contributed by atoms with Crippen LogP contribution in [-0.4, -0.2) is 31.0 Å². The van der Waals surface area contributed by atoms with Crippen LogP contribution in [0.25, 0.3) is 0 Å². The van der Waals surface area contributed by atoms with Gasteiger partial charge < -0.3 is 14.8 Å². The zero-order valence-electron chi connectivity index (χ0n) is 12.7. The summed E-state index contributed by atoms with van der Waals surface area (Å²) in [5.41, 5.74) is 2.18. The number of hydrogen-bond donors (Lipinski definition) is 1. The van der Waals surface area contributed by atoms with Gasteiger partial charge in [0, 0.05) is 6.54 Å². The first-order valence-electron chi connectivity index (χ1n) is 6.76. The molecule has 5 nitrogen and oxygen atoms in total. The smallest absolute Gasteiger partial charge is 0.161 e. The van der Waals surface area contributed by atoms with Crippen LogP contribution >= 0.6 is 15.9 Å². The second-order valence-electron chi connectivity index (χ2n) is 4.53. The van der Waals surface area contributed by atoms with Crippen molar-refractivity contribution in [3.05, 3.63) is 40.1 Å². The van der Waals surface area contributed by atoms with Crippen LogP contribution in [0.4, 0.5) is 0 Å². The topological polar surface area (TPSA) is 48.3 Å². The third-order valence-electron chi connectivity index (χ3n) is 3.44. The third kappa shape index (κ3) is 3.06. The van der Waals surface area contributed by atoms with E-state index in [1.807, 2.05) is 36.1 Å². The first-order chi connectivity index (χ1) is 10.2. The molecule has 6 heteroatoms. The minimum atomic E-state index is 0.0154. The molecule has 0 saturated heterocycles. The van der Waals surface area contributed by atoms with E-state index in [0.717, 1.165) is 28.0 Å². The normalized spacial score (nSPS) is 12.2. The summed E-state index contributed by atoms with van der Waals surface area (Å²) in [7, 11) is 5.21. The van der Waals surface area contributed by atoms with Gasteiger partial charge in [-0.05, 0) is 47.6 Å². The van der Waals surface area contributed by atoms with Crippen molar-refractivity contribution < 1.29 is 9.47 Å². The van der Waals surface area contributed by atoms with Gasteiger partial charge in [0.2, 0.25) is 0 Å². The van der Waals surface area contributed by atoms with Gasteiger partial charge in [-0.2, -0.15) is 5.10 Å². The first-order valence-corrected chi connectivity index (χ1v) is 7.55. The van der Waals surface area contributed by atoms with E-state index >= 15 is 0 Å². The van der Waals surface area contributed by atoms with Gasteiger partial charge in [0.25, 0.3) is 0 Å². The molecule has 114 valence electrons. The van der Waals surface area contributed by atoms with Crippen LogP contribution in [0.3, 0.4) is 0 Å². The van der Waals surface area contributed by atoms with Gasteiger partial charge in [-0.15, -0.1) is 0 Å². The summed E-state index contributed by atoms with van der Waals surface area (Å²) in [6.07, 6.45) is 1.82. The number of methoxy groups -OCH3 is 2. The predicted molar refractivity (Wildman–Crippen MR) is 86.0 cm³/mol. The zero-order valence-corrected chi connectivity index (χ0v) is 14.3. The van der Waals surface area contributed by atoms with E-state index in [2.05, 4.69) is 33.3 Å². The SMILES string of the molecule is CCn1ncc(Br)c1C(NC)c1ccc(OC)c(OC)c1. The number of nitrogens with zero attached hydrogens (tertiary/aromatic N) is 2. The largest absolute Gasteiger partial charge is 0.493 e. The van der Waals surface area contributed by atoms with E-state index in [0.29, 0.717) is 5.75 Å². The molecule has 0 amide bonds. The van der Waals surface area contributed by atoms with Gasteiger partial charge >= 0.3 is 0 Å². The van der Waals surface area contributed by atoms with E-state index in [-0.39, 0.29) is 6.04 Å². The third-order valence-corrected chi connectivity index (χ3v) is 4.05. The minimum Gasteiger partial charge on any atom is -0.493 e. The molecule has 2 aromatic rings. The fourth-order valence-electron chi connectivity index (χ4n) is 2.40. The second kappa shape index (κ2) is 6.95. The van der Waals surface area contributed by atoms with E-state index in [9.17, 15) is 0 Å². The van der Waals surface area contributed by atoms with E-state index in [1.54, 1.807) is 14.2 Å². The van der Waals surface area contributed by atoms with Crippen molar-refractivity contribution in [3.8, 4) is 11.5 Å². The Balaban J connectivity index is 2.48. The van der Waals surface area contributed by atoms with Gasteiger partial charge in [-0.25, -0.2) is 0 Å². The Morgan fingerprint density at radius 1 is 1.29 bits per heavy atom. The van der Waals surface area contributed by atoms with Crippen LogP contribution in [0.1, 0.15) is 24.2 Å². The molecule has 1 unspecified atom stereocenters. The summed E-state index contributed by atoms with van der Waals surface area (Å²) in [6.45, 7) is 2.89. The molecular formula is C15H20BrN3O2. The van der Waals surface area contributed by atoms with Crippen LogP contribution in [-0.2, 0) is 6.54 Å². The van der Waals surface area contributed by atoms with E-state index in [4.69, 9.17) is 9.47 Å². The molecule has 0 aliphatic carbocycles. The second-order valence-corrected chi connectivity index (χ2v) is 5.38. The summed E-state index contributed by atoms with van der Waals surface area (Å²) in [4.78, 5) is 0. The number of aromatic nitrogens is 2. The molecule has 1 aromatic heterocycles. The van der Waals surface area contributed by atoms with Gasteiger partial charge in [0.15, 0.2) is 11.5 Å². The van der Waals surface area contributed by atoms with Crippen molar-refractivity contribution in [3.63, 3.8) is 0 Å². The quantitative estimate of drug-likeness (QED) is 0.867. The number of nitrogens with one attached hydrogen (secondary N) is 1. The zero-order chi connectivity index (χ0) is 15.4. The summed E-state index contributed by atoms with van der Waals surface area (Å²) in [6, 6.07) is 5.95. The molecule has 0 aliphatic heterocycles. The summed E-state index contributed by atoms with van der Waals surface area (Å²) in [5.74, 6) is 1.44. The number of benzene rings is 1. The fraction of sp³-hybridized carbons (Fsp3) is 0.400. The van der Waals surface area contributed by atoms with Gasteiger partial charge in [0.05, 0.1) is 36.6 Å². The average molecular weight is 354 g/mol. The minimum absolute atomic E-state index is 0.0154. The van der Waals surface area contributed by atoms with Crippen LogP contribution in [0.5, 0.6) is 11.5 Å². The highest BCUT2D eigenvalue weighted by molar-refractivity contribution is 9.10. The van der Waals surface area contributed by atoms with Crippen LogP contribution in [0, 0.1) is 0 Å². The lowest BCUT2D eigenvalue weighted by Gasteiger charge is -2.20. The molecule has 1 heterocycles. The lowest BCUT2D eigenvalue weighted by atomic mass is 10.0. The Bertz CT molecular complexity index is 613. The number of hydrogen-bond acceptors (Lipinski definition) is 4. The Labute approximate surface area is 133 Å². The Kier molecular flexibility index (Phi) is 5.25. The van der Waals surface area contributed by atoms with Crippen molar-refractivity contribution in [2.75, 3.05) is 21.3 Å². The summed E-state index contributed by atoms with van der Waals surface area (Å²) < 4.78 is 13.6. The monoisotopic (exact) mass is 353 g/mol. The molecule has 21 heavy (non-hydrogen) atoms. The fourth-order valence-corrected chi connectivity index (χ4v) is 2.93. The van der Waals surface area contributed by atoms with Crippen molar-refractivity contribution >= 4 is 15.9 Å². The van der Waals surface area contributed by atoms with Crippen LogP contribution in [0.15, 0.2) is 28.9 Å². The maximum atomic E-state index is 5.39. The Morgan fingerprint density at radius 3 is 2.57 bits per heavy atom. The van der Waals surface area contributed by atoms with Crippen molar-refractivity contribution in [1.82, 2.24) is 15.1 Å². The highest BCUT2D eigenvalue weighted by Gasteiger charge is 2.21. The standard InChI is InChI=1S/C15H20BrN3O2/c1-5-19-15(11(16)9-18-19)14(17-2)10-6-7-12(20-3)13(8-10)21-4/h6-9,14,17H,5H2,1-4H3. The Hall–Kier alpha value is -1.53. The number of halogens is 1. The maximum Gasteiger partial charge on any atom is 0.161 e. The number of rotatable bonds is 6. The lowest BCUT2D eigenvalue weighted by Crippen LogP contribution is -2.22. The van der Waals surface area contributed by atoms with Crippen molar-refractivity contribution in [2.24, 2.45) is 0 Å². The maximum absolute atomic E-state index is 5.39. The molecule has 0 radical (unpaired) electrons. The van der Waals surface area contributed by atoms with E-state index < -0.39 is 0 Å². The molecule has 0 spiro atoms. The molecule has 0 fully saturated rings.